The van der Waals surface area contributed by atoms with Crippen LogP contribution in [0.1, 0.15) is 44.9 Å². The van der Waals surface area contributed by atoms with Crippen molar-refractivity contribution in [1.29, 1.82) is 0 Å². The Morgan fingerprint density at radius 1 is 1.15 bits per heavy atom. The van der Waals surface area contributed by atoms with Gasteiger partial charge in [0.15, 0.2) is 0 Å². The van der Waals surface area contributed by atoms with Crippen LogP contribution >= 0.6 is 0 Å². The first-order valence-electron chi connectivity index (χ1n) is 7.27. The van der Waals surface area contributed by atoms with Crippen molar-refractivity contribution >= 4 is 11.9 Å². The van der Waals surface area contributed by atoms with Crippen LogP contribution < -0.4 is 5.32 Å². The molecule has 2 unspecified atom stereocenters. The molecule has 20 heavy (non-hydrogen) atoms. The molecular formula is C14H21F2NO3. The third-order valence-corrected chi connectivity index (χ3v) is 4.60. The van der Waals surface area contributed by atoms with Crippen LogP contribution in [-0.4, -0.2) is 29.5 Å². The summed E-state index contributed by atoms with van der Waals surface area (Å²) in [6, 6.07) is 0. The number of hydrogen-bond donors (Lipinski definition) is 2. The van der Waals surface area contributed by atoms with Crippen LogP contribution in [0.15, 0.2) is 0 Å². The lowest BCUT2D eigenvalue weighted by Crippen LogP contribution is -2.39. The number of amides is 1. The van der Waals surface area contributed by atoms with E-state index in [2.05, 4.69) is 5.32 Å². The molecule has 6 heteroatoms. The van der Waals surface area contributed by atoms with E-state index >= 15 is 0 Å². The van der Waals surface area contributed by atoms with Crippen LogP contribution in [0.25, 0.3) is 0 Å². The first kappa shape index (κ1) is 15.2. The number of carboxylic acids is 1. The fourth-order valence-electron chi connectivity index (χ4n) is 3.28. The Kier molecular flexibility index (Phi) is 4.60. The van der Waals surface area contributed by atoms with E-state index in [1.165, 1.54) is 0 Å². The van der Waals surface area contributed by atoms with Crippen LogP contribution in [0.2, 0.25) is 0 Å². The average Bonchev–Trinajstić information content (AvgIpc) is 2.84. The molecule has 2 rings (SSSR count). The summed E-state index contributed by atoms with van der Waals surface area (Å²) in [6.45, 7) is 0.350. The summed E-state index contributed by atoms with van der Waals surface area (Å²) >= 11 is 0. The largest absolute Gasteiger partial charge is 0.481 e. The molecular weight excluding hydrogens is 268 g/mol. The molecule has 2 fully saturated rings. The van der Waals surface area contributed by atoms with Crippen molar-refractivity contribution in [2.24, 2.45) is 17.8 Å². The van der Waals surface area contributed by atoms with Crippen LogP contribution in [0, 0.1) is 17.8 Å². The smallest absolute Gasteiger partial charge is 0.306 e. The molecule has 0 aromatic rings. The fraction of sp³-hybridized carbons (Fsp3) is 0.857. The highest BCUT2D eigenvalue weighted by atomic mass is 19.3. The van der Waals surface area contributed by atoms with Crippen LogP contribution in [-0.2, 0) is 9.59 Å². The predicted molar refractivity (Wildman–Crippen MR) is 68.4 cm³/mol. The molecule has 114 valence electrons. The Balaban J connectivity index is 1.77. The van der Waals surface area contributed by atoms with Crippen LogP contribution in [0.4, 0.5) is 8.78 Å². The lowest BCUT2D eigenvalue weighted by molar-refractivity contribution is -0.143. The first-order valence-corrected chi connectivity index (χ1v) is 7.27. The van der Waals surface area contributed by atoms with E-state index < -0.39 is 11.9 Å². The fourth-order valence-corrected chi connectivity index (χ4v) is 3.28. The molecule has 1 amide bonds. The van der Waals surface area contributed by atoms with Gasteiger partial charge in [0, 0.05) is 25.3 Å². The van der Waals surface area contributed by atoms with E-state index in [0.717, 1.165) is 12.8 Å². The van der Waals surface area contributed by atoms with Crippen LogP contribution in [0.3, 0.4) is 0 Å². The van der Waals surface area contributed by atoms with Crippen molar-refractivity contribution in [2.75, 3.05) is 6.54 Å². The predicted octanol–water partition coefficient (Wildman–Crippen LogP) is 2.43. The van der Waals surface area contributed by atoms with Gasteiger partial charge in [0.1, 0.15) is 0 Å². The van der Waals surface area contributed by atoms with Gasteiger partial charge >= 0.3 is 5.97 Å². The topological polar surface area (TPSA) is 66.4 Å². The Labute approximate surface area is 116 Å². The normalized spacial score (nSPS) is 30.1. The molecule has 4 nitrogen and oxygen atoms in total. The van der Waals surface area contributed by atoms with Gasteiger partial charge in [-0.1, -0.05) is 6.42 Å². The maximum absolute atomic E-state index is 13.0. The van der Waals surface area contributed by atoms with E-state index in [4.69, 9.17) is 5.11 Å². The second kappa shape index (κ2) is 6.06. The molecule has 0 radical (unpaired) electrons. The Morgan fingerprint density at radius 3 is 2.40 bits per heavy atom. The number of rotatable bonds is 4. The monoisotopic (exact) mass is 289 g/mol. The van der Waals surface area contributed by atoms with Gasteiger partial charge in [0.05, 0.1) is 5.92 Å². The molecule has 0 heterocycles. The number of halogens is 2. The Bertz CT molecular complexity index is 377. The average molecular weight is 289 g/mol. The van der Waals surface area contributed by atoms with Gasteiger partial charge < -0.3 is 10.4 Å². The maximum Gasteiger partial charge on any atom is 0.306 e. The number of aliphatic carboxylic acids is 1. The number of nitrogens with one attached hydrogen (secondary N) is 1. The Morgan fingerprint density at radius 2 is 1.80 bits per heavy atom. The SMILES string of the molecule is O=C(NCC1CCCC1C(=O)O)C1CCC(F)(F)CC1. The zero-order valence-corrected chi connectivity index (χ0v) is 11.4. The molecule has 2 N–H and O–H groups in total. The van der Waals surface area contributed by atoms with Crippen LogP contribution in [0.5, 0.6) is 0 Å². The summed E-state index contributed by atoms with van der Waals surface area (Å²) in [7, 11) is 0. The third kappa shape index (κ3) is 3.67. The molecule has 2 atom stereocenters. The van der Waals surface area contributed by atoms with Gasteiger partial charge in [-0.05, 0) is 31.6 Å². The zero-order valence-electron chi connectivity index (χ0n) is 11.4. The van der Waals surface area contributed by atoms with Gasteiger partial charge in [0.2, 0.25) is 11.8 Å². The lowest BCUT2D eigenvalue weighted by atomic mass is 9.86. The van der Waals surface area contributed by atoms with Gasteiger partial charge in [0.25, 0.3) is 0 Å². The minimum atomic E-state index is -2.63. The van der Waals surface area contributed by atoms with E-state index in [-0.39, 0.29) is 49.3 Å². The summed E-state index contributed by atoms with van der Waals surface area (Å²) in [5.74, 6) is -4.39. The summed E-state index contributed by atoms with van der Waals surface area (Å²) in [5.41, 5.74) is 0. The van der Waals surface area contributed by atoms with Gasteiger partial charge in [-0.25, -0.2) is 8.78 Å². The van der Waals surface area contributed by atoms with Crippen molar-refractivity contribution < 1.29 is 23.5 Å². The molecule has 2 aliphatic carbocycles. The molecule has 0 bridgehead atoms. The minimum absolute atomic E-state index is 0.0264. The number of hydrogen-bond acceptors (Lipinski definition) is 2. The highest BCUT2D eigenvalue weighted by Gasteiger charge is 2.38. The molecule has 0 saturated heterocycles. The van der Waals surface area contributed by atoms with Crippen molar-refractivity contribution in [3.05, 3.63) is 0 Å². The minimum Gasteiger partial charge on any atom is -0.481 e. The van der Waals surface area contributed by atoms with E-state index in [9.17, 15) is 18.4 Å². The maximum atomic E-state index is 13.0. The van der Waals surface area contributed by atoms with Gasteiger partial charge in [-0.15, -0.1) is 0 Å². The first-order chi connectivity index (χ1) is 9.39. The van der Waals surface area contributed by atoms with E-state index in [1.807, 2.05) is 0 Å². The number of carboxylic acid groups (broad SMARTS) is 1. The summed E-state index contributed by atoms with van der Waals surface area (Å²) in [5, 5.41) is 11.8. The number of alkyl halides is 2. The molecule has 2 aliphatic rings. The molecule has 0 aromatic carbocycles. The second-order valence-electron chi connectivity index (χ2n) is 6.01. The molecule has 0 aromatic heterocycles. The quantitative estimate of drug-likeness (QED) is 0.835. The summed E-state index contributed by atoms with van der Waals surface area (Å²) in [4.78, 5) is 23.0. The zero-order chi connectivity index (χ0) is 14.8. The molecule has 0 aliphatic heterocycles. The van der Waals surface area contributed by atoms with E-state index in [0.29, 0.717) is 13.0 Å². The van der Waals surface area contributed by atoms with Crippen molar-refractivity contribution in [2.45, 2.75) is 50.9 Å². The Hall–Kier alpha value is -1.20. The van der Waals surface area contributed by atoms with Gasteiger partial charge in [-0.3, -0.25) is 9.59 Å². The number of carbonyl (C=O) groups excluding carboxylic acids is 1. The van der Waals surface area contributed by atoms with Crippen molar-refractivity contribution in [1.82, 2.24) is 5.32 Å². The number of carbonyl (C=O) groups is 2. The molecule has 0 spiro atoms. The highest BCUT2D eigenvalue weighted by molar-refractivity contribution is 5.79. The second-order valence-corrected chi connectivity index (χ2v) is 6.01. The lowest BCUT2D eigenvalue weighted by Gasteiger charge is -2.28. The van der Waals surface area contributed by atoms with Gasteiger partial charge in [-0.2, -0.15) is 0 Å². The summed E-state index contributed by atoms with van der Waals surface area (Å²) in [6.07, 6.45) is 2.30. The third-order valence-electron chi connectivity index (χ3n) is 4.60. The standard InChI is InChI=1S/C14H21F2NO3/c15-14(16)6-4-9(5-7-14)12(18)17-8-10-2-1-3-11(10)13(19)20/h9-11H,1-8H2,(H,17,18)(H,19,20). The van der Waals surface area contributed by atoms with E-state index in [1.54, 1.807) is 0 Å². The van der Waals surface area contributed by atoms with Crippen molar-refractivity contribution in [3.63, 3.8) is 0 Å². The molecule has 2 saturated carbocycles. The summed E-state index contributed by atoms with van der Waals surface area (Å²) < 4.78 is 26.0. The highest BCUT2D eigenvalue weighted by Crippen LogP contribution is 2.36. The van der Waals surface area contributed by atoms with Crippen molar-refractivity contribution in [3.8, 4) is 0 Å².